The Morgan fingerprint density at radius 2 is 1.38 bits per heavy atom. The maximum absolute atomic E-state index is 11.7. The van der Waals surface area contributed by atoms with E-state index in [-0.39, 0.29) is 17.3 Å². The molecule has 24 heavy (non-hydrogen) atoms. The molecule has 0 heterocycles. The van der Waals surface area contributed by atoms with Gasteiger partial charge in [0.1, 0.15) is 11.5 Å². The van der Waals surface area contributed by atoms with Crippen LogP contribution < -0.4 is 9.47 Å². The summed E-state index contributed by atoms with van der Waals surface area (Å²) >= 11 is 0. The van der Waals surface area contributed by atoms with Crippen LogP contribution in [0.4, 0.5) is 0 Å². The topological polar surface area (TPSA) is 35.5 Å². The molecule has 0 N–H and O–H groups in total. The lowest BCUT2D eigenvalue weighted by molar-refractivity contribution is -0.137. The second-order valence-electron chi connectivity index (χ2n) is 6.68. The fraction of sp³-hybridized carbons (Fsp3) is 0.381. The number of rotatable bonds is 6. The summed E-state index contributed by atoms with van der Waals surface area (Å²) in [5, 5.41) is 0. The van der Waals surface area contributed by atoms with Crippen molar-refractivity contribution in [3.63, 3.8) is 0 Å². The zero-order valence-electron chi connectivity index (χ0n) is 15.1. The monoisotopic (exact) mass is 326 g/mol. The van der Waals surface area contributed by atoms with Gasteiger partial charge in [-0.1, -0.05) is 52.0 Å². The largest absolute Gasteiger partial charge is 0.494 e. The van der Waals surface area contributed by atoms with Gasteiger partial charge in [-0.3, -0.25) is 4.79 Å². The average molecular weight is 326 g/mol. The molecule has 2 aromatic rings. The quantitative estimate of drug-likeness (QED) is 0.555. The summed E-state index contributed by atoms with van der Waals surface area (Å²) in [6.07, 6.45) is 0. The van der Waals surface area contributed by atoms with Crippen LogP contribution in [0, 0.1) is 5.92 Å². The highest BCUT2D eigenvalue weighted by molar-refractivity contribution is 5.74. The van der Waals surface area contributed by atoms with Crippen molar-refractivity contribution in [3.8, 4) is 11.5 Å². The molecule has 0 aliphatic carbocycles. The van der Waals surface area contributed by atoms with Crippen LogP contribution in [0.5, 0.6) is 11.5 Å². The van der Waals surface area contributed by atoms with E-state index in [1.165, 1.54) is 5.56 Å². The van der Waals surface area contributed by atoms with Crippen molar-refractivity contribution < 1.29 is 14.3 Å². The third-order valence-electron chi connectivity index (χ3n) is 4.15. The molecule has 0 aromatic heterocycles. The summed E-state index contributed by atoms with van der Waals surface area (Å²) < 4.78 is 10.8. The lowest BCUT2D eigenvalue weighted by Crippen LogP contribution is -2.19. The number of carbonyl (C=O) groups excluding carboxylic acids is 1. The van der Waals surface area contributed by atoms with E-state index in [4.69, 9.17) is 9.47 Å². The van der Waals surface area contributed by atoms with E-state index in [2.05, 4.69) is 26.0 Å². The van der Waals surface area contributed by atoms with E-state index < -0.39 is 0 Å². The highest BCUT2D eigenvalue weighted by Gasteiger charge is 2.23. The summed E-state index contributed by atoms with van der Waals surface area (Å²) in [5.41, 5.74) is 2.22. The van der Waals surface area contributed by atoms with Gasteiger partial charge in [-0.05, 0) is 42.3 Å². The molecule has 0 aliphatic rings. The summed E-state index contributed by atoms with van der Waals surface area (Å²) in [6.45, 7) is 10.7. The molecular formula is C21H26O3. The van der Waals surface area contributed by atoms with Gasteiger partial charge in [-0.2, -0.15) is 0 Å². The molecule has 2 rings (SSSR count). The molecule has 0 fully saturated rings. The van der Waals surface area contributed by atoms with Crippen LogP contribution in [0.25, 0.3) is 0 Å². The number of hydrogen-bond donors (Lipinski definition) is 0. The van der Waals surface area contributed by atoms with Crippen LogP contribution in [0.2, 0.25) is 0 Å². The van der Waals surface area contributed by atoms with E-state index in [1.807, 2.05) is 57.2 Å². The Labute approximate surface area is 144 Å². The van der Waals surface area contributed by atoms with Crippen molar-refractivity contribution in [2.45, 2.75) is 40.0 Å². The van der Waals surface area contributed by atoms with Gasteiger partial charge in [0.05, 0.1) is 12.5 Å². The molecule has 2 aromatic carbocycles. The molecule has 0 unspecified atom stereocenters. The molecule has 0 saturated carbocycles. The normalized spacial score (nSPS) is 11.4. The van der Waals surface area contributed by atoms with E-state index in [0.29, 0.717) is 12.4 Å². The van der Waals surface area contributed by atoms with Crippen LogP contribution in [-0.2, 0) is 10.2 Å². The van der Waals surface area contributed by atoms with Crippen LogP contribution in [0.3, 0.4) is 0 Å². The van der Waals surface area contributed by atoms with Gasteiger partial charge in [0.15, 0.2) is 0 Å². The number of carbonyl (C=O) groups is 1. The Morgan fingerprint density at radius 1 is 0.917 bits per heavy atom. The number of ether oxygens (including phenoxy) is 2. The fourth-order valence-electron chi connectivity index (χ4n) is 2.47. The molecule has 128 valence electrons. The fourth-order valence-corrected chi connectivity index (χ4v) is 2.47. The minimum atomic E-state index is -0.214. The Hall–Kier alpha value is -2.29. The van der Waals surface area contributed by atoms with E-state index in [0.717, 1.165) is 11.3 Å². The number of esters is 1. The standard InChI is InChI=1S/C21H26O3/c1-6-23-18-11-7-16(8-12-18)21(4,5)17-9-13-19(14-10-17)24-20(22)15(2)3/h7-15H,6H2,1-5H3. The van der Waals surface area contributed by atoms with E-state index in [1.54, 1.807) is 0 Å². The maximum Gasteiger partial charge on any atom is 0.313 e. The second-order valence-corrected chi connectivity index (χ2v) is 6.68. The third kappa shape index (κ3) is 4.16. The molecule has 3 nitrogen and oxygen atoms in total. The molecule has 3 heteroatoms. The smallest absolute Gasteiger partial charge is 0.313 e. The average Bonchev–Trinajstić information content (AvgIpc) is 2.56. The minimum Gasteiger partial charge on any atom is -0.494 e. The first-order chi connectivity index (χ1) is 11.3. The van der Waals surface area contributed by atoms with Crippen molar-refractivity contribution >= 4 is 5.97 Å². The van der Waals surface area contributed by atoms with E-state index in [9.17, 15) is 4.79 Å². The Kier molecular flexibility index (Phi) is 5.66. The van der Waals surface area contributed by atoms with Crippen molar-refractivity contribution in [2.24, 2.45) is 5.92 Å². The predicted molar refractivity (Wildman–Crippen MR) is 96.7 cm³/mol. The van der Waals surface area contributed by atoms with Crippen LogP contribution in [0.15, 0.2) is 48.5 Å². The van der Waals surface area contributed by atoms with Gasteiger partial charge >= 0.3 is 5.97 Å². The molecule has 0 bridgehead atoms. The first-order valence-electron chi connectivity index (χ1n) is 8.40. The lowest BCUT2D eigenvalue weighted by Gasteiger charge is -2.26. The van der Waals surface area contributed by atoms with Gasteiger partial charge in [0.2, 0.25) is 0 Å². The zero-order chi connectivity index (χ0) is 17.7. The van der Waals surface area contributed by atoms with Gasteiger partial charge in [0.25, 0.3) is 0 Å². The van der Waals surface area contributed by atoms with Gasteiger partial charge < -0.3 is 9.47 Å². The molecular weight excluding hydrogens is 300 g/mol. The van der Waals surface area contributed by atoms with Crippen LogP contribution >= 0.6 is 0 Å². The first kappa shape index (κ1) is 18.1. The lowest BCUT2D eigenvalue weighted by atomic mass is 9.78. The third-order valence-corrected chi connectivity index (χ3v) is 4.15. The Bertz CT molecular complexity index is 667. The number of hydrogen-bond acceptors (Lipinski definition) is 3. The minimum absolute atomic E-state index is 0.134. The van der Waals surface area contributed by atoms with Crippen LogP contribution in [0.1, 0.15) is 45.7 Å². The summed E-state index contributed by atoms with van der Waals surface area (Å²) in [7, 11) is 0. The molecule has 0 spiro atoms. The SMILES string of the molecule is CCOc1ccc(C(C)(C)c2ccc(OC(=O)C(C)C)cc2)cc1. The van der Waals surface area contributed by atoms with Crippen molar-refractivity contribution in [1.29, 1.82) is 0 Å². The highest BCUT2D eigenvalue weighted by Crippen LogP contribution is 2.33. The summed E-state index contributed by atoms with van der Waals surface area (Å²) in [4.78, 5) is 11.7. The van der Waals surface area contributed by atoms with E-state index >= 15 is 0 Å². The van der Waals surface area contributed by atoms with Crippen molar-refractivity contribution in [2.75, 3.05) is 6.61 Å². The zero-order valence-corrected chi connectivity index (χ0v) is 15.1. The molecule has 0 radical (unpaired) electrons. The summed E-state index contributed by atoms with van der Waals surface area (Å²) in [5.74, 6) is 1.12. The molecule has 0 saturated heterocycles. The second kappa shape index (κ2) is 7.52. The van der Waals surface area contributed by atoms with Gasteiger partial charge in [-0.25, -0.2) is 0 Å². The highest BCUT2D eigenvalue weighted by atomic mass is 16.5. The molecule has 0 amide bonds. The number of benzene rings is 2. The van der Waals surface area contributed by atoms with Gasteiger partial charge in [0, 0.05) is 5.41 Å². The maximum atomic E-state index is 11.7. The molecule has 0 atom stereocenters. The van der Waals surface area contributed by atoms with Crippen molar-refractivity contribution in [3.05, 3.63) is 59.7 Å². The summed E-state index contributed by atoms with van der Waals surface area (Å²) in [6, 6.07) is 15.9. The Balaban J connectivity index is 2.18. The Morgan fingerprint density at radius 3 is 1.79 bits per heavy atom. The first-order valence-corrected chi connectivity index (χ1v) is 8.40. The predicted octanol–water partition coefficient (Wildman–Crippen LogP) is 4.97. The van der Waals surface area contributed by atoms with Crippen molar-refractivity contribution in [1.82, 2.24) is 0 Å². The van der Waals surface area contributed by atoms with Crippen LogP contribution in [-0.4, -0.2) is 12.6 Å². The van der Waals surface area contributed by atoms with Gasteiger partial charge in [-0.15, -0.1) is 0 Å². The molecule has 0 aliphatic heterocycles.